The lowest BCUT2D eigenvalue weighted by molar-refractivity contribution is -0.116. The Morgan fingerprint density at radius 1 is 1.22 bits per heavy atom. The number of amides is 1. The van der Waals surface area contributed by atoms with Crippen LogP contribution in [0.1, 0.15) is 16.0 Å². The van der Waals surface area contributed by atoms with Gasteiger partial charge in [-0.05, 0) is 28.6 Å². The molecule has 0 bridgehead atoms. The molecule has 1 N–H and O–H groups in total. The summed E-state index contributed by atoms with van der Waals surface area (Å²) in [6.45, 7) is 1.12. The second-order valence-corrected chi connectivity index (χ2v) is 5.91. The average molecular weight is 324 g/mol. The molecule has 3 rings (SSSR count). The van der Waals surface area contributed by atoms with Crippen molar-refractivity contribution in [1.82, 2.24) is 20.1 Å². The van der Waals surface area contributed by atoms with E-state index in [9.17, 15) is 4.79 Å². The van der Waals surface area contributed by atoms with Gasteiger partial charge in [0.15, 0.2) is 0 Å². The Morgan fingerprint density at radius 3 is 2.83 bits per heavy atom. The molecule has 2 heterocycles. The van der Waals surface area contributed by atoms with Gasteiger partial charge in [0, 0.05) is 17.5 Å². The van der Waals surface area contributed by atoms with Crippen molar-refractivity contribution in [3.8, 4) is 0 Å². The fourth-order valence-electron chi connectivity index (χ4n) is 2.16. The minimum atomic E-state index is -0.103. The van der Waals surface area contributed by atoms with Gasteiger partial charge in [-0.2, -0.15) is 5.10 Å². The molecule has 1 aromatic carbocycles. The summed E-state index contributed by atoms with van der Waals surface area (Å²) in [5.41, 5.74) is 2.18. The number of nitrogens with one attached hydrogen (secondary N) is 1. The lowest BCUT2D eigenvalue weighted by atomic mass is 10.1. The number of benzene rings is 1. The van der Waals surface area contributed by atoms with Crippen LogP contribution >= 0.6 is 11.3 Å². The summed E-state index contributed by atoms with van der Waals surface area (Å²) in [5, 5.41) is 9.01. The molecular weight excluding hydrogens is 308 g/mol. The zero-order chi connectivity index (χ0) is 15.9. The quantitative estimate of drug-likeness (QED) is 0.709. The molecule has 0 aliphatic rings. The van der Waals surface area contributed by atoms with Crippen LogP contribution in [0.15, 0.2) is 60.5 Å². The third kappa shape index (κ3) is 4.37. The highest BCUT2D eigenvalue weighted by Crippen LogP contribution is 2.11. The van der Waals surface area contributed by atoms with Gasteiger partial charge in [0.05, 0.1) is 6.54 Å². The summed E-state index contributed by atoms with van der Waals surface area (Å²) in [4.78, 5) is 16.9. The van der Waals surface area contributed by atoms with Crippen molar-refractivity contribution in [2.24, 2.45) is 0 Å². The molecule has 0 atom stereocenters. The van der Waals surface area contributed by atoms with Gasteiger partial charge in [-0.1, -0.05) is 30.3 Å². The fourth-order valence-corrected chi connectivity index (χ4v) is 2.78. The number of carbonyl (C=O) groups excluding carboxylic acids is 1. The maximum Gasteiger partial charge on any atom is 0.244 e. The first kappa shape index (κ1) is 15.2. The van der Waals surface area contributed by atoms with Gasteiger partial charge in [0.25, 0.3) is 0 Å². The second-order valence-electron chi connectivity index (χ2n) is 4.93. The van der Waals surface area contributed by atoms with Crippen molar-refractivity contribution in [2.45, 2.75) is 13.1 Å². The van der Waals surface area contributed by atoms with Crippen LogP contribution in [0, 0.1) is 0 Å². The Kier molecular flexibility index (Phi) is 4.95. The summed E-state index contributed by atoms with van der Waals surface area (Å²) >= 11 is 1.60. The van der Waals surface area contributed by atoms with Crippen LogP contribution in [0.2, 0.25) is 0 Å². The predicted octanol–water partition coefficient (Wildman–Crippen LogP) is 2.72. The van der Waals surface area contributed by atoms with Crippen molar-refractivity contribution < 1.29 is 4.79 Å². The Hall–Kier alpha value is -2.73. The maximum absolute atomic E-state index is 11.9. The van der Waals surface area contributed by atoms with Crippen LogP contribution in [0.5, 0.6) is 0 Å². The van der Waals surface area contributed by atoms with Gasteiger partial charge in [-0.3, -0.25) is 4.79 Å². The van der Waals surface area contributed by atoms with Gasteiger partial charge >= 0.3 is 0 Å². The van der Waals surface area contributed by atoms with Gasteiger partial charge in [-0.15, -0.1) is 11.3 Å². The Balaban J connectivity index is 1.60. The van der Waals surface area contributed by atoms with E-state index in [1.54, 1.807) is 28.4 Å². The number of rotatable bonds is 6. The molecule has 1 amide bonds. The minimum absolute atomic E-state index is 0.103. The van der Waals surface area contributed by atoms with Crippen molar-refractivity contribution in [3.63, 3.8) is 0 Å². The maximum atomic E-state index is 11.9. The smallest absolute Gasteiger partial charge is 0.244 e. The van der Waals surface area contributed by atoms with E-state index >= 15 is 0 Å². The summed E-state index contributed by atoms with van der Waals surface area (Å²) < 4.78 is 1.76. The monoisotopic (exact) mass is 324 g/mol. The predicted molar refractivity (Wildman–Crippen MR) is 90.8 cm³/mol. The number of nitrogens with zero attached hydrogens (tertiary/aromatic N) is 3. The van der Waals surface area contributed by atoms with Crippen LogP contribution in [-0.2, 0) is 17.9 Å². The molecule has 23 heavy (non-hydrogen) atoms. The summed E-state index contributed by atoms with van der Waals surface area (Å²) in [6, 6.07) is 11.9. The Morgan fingerprint density at radius 2 is 2.09 bits per heavy atom. The minimum Gasteiger partial charge on any atom is -0.348 e. The third-order valence-electron chi connectivity index (χ3n) is 3.31. The van der Waals surface area contributed by atoms with Crippen molar-refractivity contribution in [3.05, 3.63) is 76.5 Å². The Bertz CT molecular complexity index is 779. The normalized spacial score (nSPS) is 11.0. The average Bonchev–Trinajstić information content (AvgIpc) is 3.25. The number of thiophene rings is 1. The molecule has 5 nitrogen and oxygen atoms in total. The van der Waals surface area contributed by atoms with Crippen LogP contribution in [0.25, 0.3) is 6.08 Å². The first-order valence-corrected chi connectivity index (χ1v) is 8.08. The molecule has 0 radical (unpaired) electrons. The van der Waals surface area contributed by atoms with Crippen molar-refractivity contribution in [2.75, 3.05) is 0 Å². The van der Waals surface area contributed by atoms with Gasteiger partial charge in [0.2, 0.25) is 5.91 Å². The summed E-state index contributed by atoms with van der Waals surface area (Å²) in [6.07, 6.45) is 6.58. The molecule has 2 aromatic heterocycles. The van der Waals surface area contributed by atoms with E-state index in [-0.39, 0.29) is 5.91 Å². The highest BCUT2D eigenvalue weighted by molar-refractivity contribution is 7.10. The van der Waals surface area contributed by atoms with Gasteiger partial charge in [-0.25, -0.2) is 9.67 Å². The Labute approximate surface area is 138 Å². The largest absolute Gasteiger partial charge is 0.348 e. The molecule has 0 saturated carbocycles. The molecule has 0 aliphatic carbocycles. The van der Waals surface area contributed by atoms with E-state index < -0.39 is 0 Å². The summed E-state index contributed by atoms with van der Waals surface area (Å²) in [5.74, 6) is -0.103. The fraction of sp³-hybridized carbons (Fsp3) is 0.118. The van der Waals surface area contributed by atoms with Crippen molar-refractivity contribution in [1.29, 1.82) is 0 Å². The lowest BCUT2D eigenvalue weighted by Crippen LogP contribution is -2.21. The topological polar surface area (TPSA) is 59.8 Å². The molecule has 6 heteroatoms. The molecule has 116 valence electrons. The van der Waals surface area contributed by atoms with E-state index in [0.29, 0.717) is 13.1 Å². The van der Waals surface area contributed by atoms with Gasteiger partial charge < -0.3 is 5.32 Å². The van der Waals surface area contributed by atoms with E-state index in [1.165, 1.54) is 6.33 Å². The van der Waals surface area contributed by atoms with E-state index in [0.717, 1.165) is 16.0 Å². The van der Waals surface area contributed by atoms with Gasteiger partial charge in [0.1, 0.15) is 12.7 Å². The zero-order valence-electron chi connectivity index (χ0n) is 12.4. The van der Waals surface area contributed by atoms with Crippen LogP contribution in [0.3, 0.4) is 0 Å². The molecule has 0 spiro atoms. The highest BCUT2D eigenvalue weighted by Gasteiger charge is 2.04. The number of carbonyl (C=O) groups is 1. The van der Waals surface area contributed by atoms with Crippen LogP contribution in [0.4, 0.5) is 0 Å². The number of aromatic nitrogens is 3. The molecule has 0 saturated heterocycles. The molecule has 3 aromatic rings. The molecule has 0 unspecified atom stereocenters. The first-order chi connectivity index (χ1) is 11.3. The second kappa shape index (κ2) is 7.51. The first-order valence-electron chi connectivity index (χ1n) is 7.20. The zero-order valence-corrected chi connectivity index (χ0v) is 13.2. The summed E-state index contributed by atoms with van der Waals surface area (Å²) in [7, 11) is 0. The lowest BCUT2D eigenvalue weighted by Gasteiger charge is -2.09. The SMILES string of the molecule is O=C(C=Cc1cccs1)NCc1ccccc1Cn1cncn1. The number of hydrogen-bond acceptors (Lipinski definition) is 4. The molecular formula is C17H16N4OS. The van der Waals surface area contributed by atoms with Crippen LogP contribution in [-0.4, -0.2) is 20.7 Å². The molecule has 0 aliphatic heterocycles. The third-order valence-corrected chi connectivity index (χ3v) is 4.15. The number of hydrogen-bond donors (Lipinski definition) is 1. The molecule has 0 fully saturated rings. The standard InChI is InChI=1S/C17H16N4OS/c22-17(8-7-16-6-3-9-23-16)19-10-14-4-1-2-5-15(14)11-21-13-18-12-20-21/h1-9,12-13H,10-11H2,(H,19,22). The van der Waals surface area contributed by atoms with E-state index in [4.69, 9.17) is 0 Å². The van der Waals surface area contributed by atoms with Crippen LogP contribution < -0.4 is 5.32 Å². The van der Waals surface area contributed by atoms with Crippen molar-refractivity contribution >= 4 is 23.3 Å². The van der Waals surface area contributed by atoms with E-state index in [1.807, 2.05) is 47.9 Å². The highest BCUT2D eigenvalue weighted by atomic mass is 32.1. The van der Waals surface area contributed by atoms with E-state index in [2.05, 4.69) is 15.4 Å².